The van der Waals surface area contributed by atoms with E-state index in [9.17, 15) is 26.3 Å². The van der Waals surface area contributed by atoms with Crippen molar-refractivity contribution in [2.45, 2.75) is 18.8 Å². The van der Waals surface area contributed by atoms with Gasteiger partial charge < -0.3 is 14.5 Å². The standard InChI is InChI=1S/C53H33F6N5/c54-52(55,56)35-27-34(28-36(29-35)53(57,58)59)39-25-23-37(31-44(39)51-61-49(32-13-3-1-4-14-32)60-50(62-51)33-15-5-2-6-16-33)64-47-22-12-9-19-42(47)43-30-38(24-26-48(43)64)63-45-20-10-7-17-40(45)41-18-8-11-21-46(41)63/h1-27,29-31H,28H2,(H,60,61,62). The van der Waals surface area contributed by atoms with Crippen LogP contribution in [0.4, 0.5) is 26.3 Å². The second kappa shape index (κ2) is 14.9. The Balaban J connectivity index is 1.20. The molecule has 3 heterocycles. The second-order valence-corrected chi connectivity index (χ2v) is 15.7. The molecule has 9 aromatic rings. The van der Waals surface area contributed by atoms with E-state index in [-0.39, 0.29) is 22.7 Å². The van der Waals surface area contributed by atoms with Gasteiger partial charge in [0.1, 0.15) is 11.7 Å². The number of nitrogens with one attached hydrogen (secondary N) is 1. The SMILES string of the molecule is FC(F)(F)C1=CC(=c2ccc(-n3c4ccccc4c4cc(-n5c6ccccc6c6ccccc65)ccc43)cc2=C2N=C(c3ccccc3)N=C(c3ccccc3)N2)CC(C(F)(F)F)=C1. The third-order valence-corrected chi connectivity index (χ3v) is 11.8. The average Bonchev–Trinajstić information content (AvgIpc) is 3.84. The van der Waals surface area contributed by atoms with Crippen molar-refractivity contribution >= 4 is 66.7 Å². The van der Waals surface area contributed by atoms with Crippen LogP contribution in [0.5, 0.6) is 0 Å². The highest BCUT2D eigenvalue weighted by Crippen LogP contribution is 2.40. The average molecular weight is 854 g/mol. The van der Waals surface area contributed by atoms with Crippen LogP contribution in [0, 0.1) is 0 Å². The van der Waals surface area contributed by atoms with Gasteiger partial charge in [0.05, 0.1) is 27.6 Å². The predicted octanol–water partition coefficient (Wildman–Crippen LogP) is 12.0. The van der Waals surface area contributed by atoms with Gasteiger partial charge in [0.25, 0.3) is 0 Å². The Labute approximate surface area is 361 Å². The van der Waals surface area contributed by atoms with E-state index in [1.807, 2.05) is 115 Å². The molecule has 11 rings (SSSR count). The fourth-order valence-electron chi connectivity index (χ4n) is 8.95. The van der Waals surface area contributed by atoms with E-state index in [2.05, 4.69) is 50.8 Å². The number of halogens is 6. The third kappa shape index (κ3) is 6.68. The van der Waals surface area contributed by atoms with E-state index in [1.54, 1.807) is 18.2 Å². The molecule has 11 heteroatoms. The van der Waals surface area contributed by atoms with Gasteiger partial charge in [-0.3, -0.25) is 0 Å². The molecule has 1 N–H and O–H groups in total. The molecule has 0 unspecified atom stereocenters. The minimum Gasteiger partial charge on any atom is -0.324 e. The zero-order chi connectivity index (χ0) is 43.7. The normalized spacial score (nSPS) is 16.5. The molecular formula is C53H33F6N5. The summed E-state index contributed by atoms with van der Waals surface area (Å²) in [6.07, 6.45) is -9.81. The van der Waals surface area contributed by atoms with Crippen molar-refractivity contribution < 1.29 is 26.3 Å². The molecule has 5 nitrogen and oxygen atoms in total. The van der Waals surface area contributed by atoms with Crippen LogP contribution in [-0.2, 0) is 0 Å². The zero-order valence-electron chi connectivity index (χ0n) is 33.6. The monoisotopic (exact) mass is 853 g/mol. The largest absolute Gasteiger partial charge is 0.416 e. The van der Waals surface area contributed by atoms with Crippen molar-refractivity contribution in [2.75, 3.05) is 0 Å². The minimum absolute atomic E-state index is 0.155. The van der Waals surface area contributed by atoms with Crippen LogP contribution in [0.3, 0.4) is 0 Å². The Morgan fingerprint density at radius 3 is 1.56 bits per heavy atom. The summed E-state index contributed by atoms with van der Waals surface area (Å²) in [6.45, 7) is 0. The summed E-state index contributed by atoms with van der Waals surface area (Å²) in [5.41, 5.74) is 3.92. The van der Waals surface area contributed by atoms with Crippen LogP contribution in [0.25, 0.3) is 66.4 Å². The van der Waals surface area contributed by atoms with Gasteiger partial charge in [0.15, 0.2) is 5.84 Å². The maximum absolute atomic E-state index is 14.4. The molecule has 0 bridgehead atoms. The summed E-state index contributed by atoms with van der Waals surface area (Å²) in [4.78, 5) is 9.81. The van der Waals surface area contributed by atoms with Crippen LogP contribution in [0.1, 0.15) is 17.5 Å². The summed E-state index contributed by atoms with van der Waals surface area (Å²) in [5, 5.41) is 7.93. The first kappa shape index (κ1) is 39.0. The lowest BCUT2D eigenvalue weighted by Gasteiger charge is -2.21. The van der Waals surface area contributed by atoms with Crippen molar-refractivity contribution in [3.05, 3.63) is 215 Å². The summed E-state index contributed by atoms with van der Waals surface area (Å²) >= 11 is 0. The van der Waals surface area contributed by atoms with Gasteiger partial charge in [-0.2, -0.15) is 26.3 Å². The van der Waals surface area contributed by atoms with Crippen molar-refractivity contribution in [3.63, 3.8) is 0 Å². The minimum atomic E-state index is -5.04. The number of rotatable bonds is 4. The molecule has 0 fully saturated rings. The molecule has 0 atom stereocenters. The van der Waals surface area contributed by atoms with Crippen LogP contribution < -0.4 is 15.8 Å². The number of aromatic nitrogens is 2. The Morgan fingerprint density at radius 1 is 0.453 bits per heavy atom. The quantitative estimate of drug-likeness (QED) is 0.176. The van der Waals surface area contributed by atoms with Crippen molar-refractivity contribution in [2.24, 2.45) is 9.98 Å². The van der Waals surface area contributed by atoms with Crippen molar-refractivity contribution in [1.29, 1.82) is 0 Å². The molecule has 312 valence electrons. The topological polar surface area (TPSA) is 46.6 Å². The molecule has 2 aliphatic rings. The van der Waals surface area contributed by atoms with Gasteiger partial charge in [-0.25, -0.2) is 9.98 Å². The first-order valence-electron chi connectivity index (χ1n) is 20.5. The predicted molar refractivity (Wildman–Crippen MR) is 243 cm³/mol. The smallest absolute Gasteiger partial charge is 0.324 e. The van der Waals surface area contributed by atoms with Crippen LogP contribution >= 0.6 is 0 Å². The molecule has 2 aromatic heterocycles. The van der Waals surface area contributed by atoms with E-state index in [1.165, 1.54) is 0 Å². The van der Waals surface area contributed by atoms with Gasteiger partial charge in [-0.1, -0.05) is 121 Å². The highest BCUT2D eigenvalue weighted by molar-refractivity contribution is 6.16. The van der Waals surface area contributed by atoms with Crippen LogP contribution in [0.2, 0.25) is 0 Å². The van der Waals surface area contributed by atoms with E-state index in [0.717, 1.165) is 55.4 Å². The molecule has 0 amide bonds. The highest BCUT2D eigenvalue weighted by atomic mass is 19.4. The maximum Gasteiger partial charge on any atom is 0.416 e. The number of hydrogen-bond donors (Lipinski definition) is 1. The zero-order valence-corrected chi connectivity index (χ0v) is 33.6. The van der Waals surface area contributed by atoms with Gasteiger partial charge in [0, 0.05) is 61.3 Å². The van der Waals surface area contributed by atoms with E-state index < -0.39 is 29.9 Å². The van der Waals surface area contributed by atoms with Gasteiger partial charge in [-0.15, -0.1) is 0 Å². The highest BCUT2D eigenvalue weighted by Gasteiger charge is 2.41. The molecule has 7 aromatic carbocycles. The molecule has 0 saturated carbocycles. The first-order chi connectivity index (χ1) is 31.0. The lowest BCUT2D eigenvalue weighted by atomic mass is 9.92. The summed E-state index contributed by atoms with van der Waals surface area (Å²) in [6, 6.07) is 54.4. The maximum atomic E-state index is 14.4. The Morgan fingerprint density at radius 2 is 0.969 bits per heavy atom. The van der Waals surface area contributed by atoms with Crippen LogP contribution in [-0.4, -0.2) is 33.2 Å². The molecule has 0 saturated heterocycles. The Bertz CT molecular complexity index is 3570. The second-order valence-electron chi connectivity index (χ2n) is 15.7. The number of aliphatic imine (C=N–C) groups is 2. The van der Waals surface area contributed by atoms with Gasteiger partial charge >= 0.3 is 12.4 Å². The molecule has 0 spiro atoms. The molecular weight excluding hydrogens is 821 g/mol. The molecule has 64 heavy (non-hydrogen) atoms. The summed E-state index contributed by atoms with van der Waals surface area (Å²) in [5.74, 6) is 0.929. The number of amidine groups is 2. The van der Waals surface area contributed by atoms with E-state index in [0.29, 0.717) is 33.7 Å². The fourth-order valence-corrected chi connectivity index (χ4v) is 8.95. The summed E-state index contributed by atoms with van der Waals surface area (Å²) in [7, 11) is 0. The fraction of sp³-hybridized carbons (Fsp3) is 0.0566. The third-order valence-electron chi connectivity index (χ3n) is 11.8. The van der Waals surface area contributed by atoms with Crippen molar-refractivity contribution in [1.82, 2.24) is 14.5 Å². The number of para-hydroxylation sites is 3. The van der Waals surface area contributed by atoms with Crippen molar-refractivity contribution in [3.8, 4) is 11.4 Å². The number of allylic oxidation sites excluding steroid dienone is 4. The molecule has 1 aliphatic carbocycles. The molecule has 0 radical (unpaired) electrons. The van der Waals surface area contributed by atoms with E-state index >= 15 is 0 Å². The number of alkyl halides is 6. The summed E-state index contributed by atoms with van der Waals surface area (Å²) < 4.78 is 90.7. The van der Waals surface area contributed by atoms with Crippen LogP contribution in [0.15, 0.2) is 203 Å². The number of hydrogen-bond acceptors (Lipinski definition) is 3. The lowest BCUT2D eigenvalue weighted by molar-refractivity contribution is -0.0970. The first-order valence-corrected chi connectivity index (χ1v) is 20.5. The number of fused-ring (bicyclic) bond motifs is 6. The Hall–Kier alpha value is -7.92. The lowest BCUT2D eigenvalue weighted by Crippen LogP contribution is -2.38. The Kier molecular flexibility index (Phi) is 9.05. The number of benzene rings is 7. The molecule has 1 aliphatic heterocycles. The van der Waals surface area contributed by atoms with Gasteiger partial charge in [-0.05, 0) is 71.5 Å². The van der Waals surface area contributed by atoms with Gasteiger partial charge in [0.2, 0.25) is 0 Å². The number of nitrogens with zero attached hydrogens (tertiary/aromatic N) is 4. The van der Waals surface area contributed by atoms with E-state index in [4.69, 9.17) is 9.98 Å².